The third kappa shape index (κ3) is 2.06. The Kier molecular flexibility index (Phi) is 2.94. The summed E-state index contributed by atoms with van der Waals surface area (Å²) in [4.78, 5) is 13.6. The van der Waals surface area contributed by atoms with Gasteiger partial charge in [-0.25, -0.2) is 0 Å². The van der Waals surface area contributed by atoms with Crippen LogP contribution in [-0.4, -0.2) is 31.5 Å². The van der Waals surface area contributed by atoms with E-state index in [1.807, 2.05) is 12.1 Å². The van der Waals surface area contributed by atoms with Crippen molar-refractivity contribution in [2.75, 3.05) is 20.7 Å². The number of rotatable bonds is 1. The molecule has 1 aromatic rings. The van der Waals surface area contributed by atoms with Gasteiger partial charge in [0.1, 0.15) is 5.75 Å². The van der Waals surface area contributed by atoms with Crippen LogP contribution in [0.3, 0.4) is 0 Å². The molecule has 0 aromatic heterocycles. The molecular weight excluding hydrogens is 282 g/mol. The molecule has 17 heavy (non-hydrogen) atoms. The molecule has 1 amide bonds. The summed E-state index contributed by atoms with van der Waals surface area (Å²) >= 11 is 3.47. The first-order valence-electron chi connectivity index (χ1n) is 5.51. The molecule has 0 unspecified atom stereocenters. The molecule has 4 heteroatoms. The first-order valence-corrected chi connectivity index (χ1v) is 6.31. The van der Waals surface area contributed by atoms with Crippen molar-refractivity contribution in [2.45, 2.75) is 19.3 Å². The molecule has 2 rings (SSSR count). The summed E-state index contributed by atoms with van der Waals surface area (Å²) in [6.45, 7) is 4.89. The number of carbonyl (C=O) groups excluding carboxylic acids is 1. The highest BCUT2D eigenvalue weighted by Crippen LogP contribution is 2.43. The van der Waals surface area contributed by atoms with E-state index in [9.17, 15) is 4.79 Å². The Morgan fingerprint density at radius 2 is 2.06 bits per heavy atom. The normalized spacial score (nSPS) is 16.3. The fourth-order valence-corrected chi connectivity index (χ4v) is 2.53. The number of ether oxygens (including phenoxy) is 1. The molecule has 0 bridgehead atoms. The van der Waals surface area contributed by atoms with Crippen LogP contribution in [0.1, 0.15) is 29.8 Å². The highest BCUT2D eigenvalue weighted by atomic mass is 79.9. The van der Waals surface area contributed by atoms with Crippen LogP contribution in [0.2, 0.25) is 0 Å². The summed E-state index contributed by atoms with van der Waals surface area (Å²) in [6, 6.07) is 3.76. The van der Waals surface area contributed by atoms with Crippen molar-refractivity contribution in [3.63, 3.8) is 0 Å². The van der Waals surface area contributed by atoms with E-state index in [-0.39, 0.29) is 11.3 Å². The van der Waals surface area contributed by atoms with Gasteiger partial charge in [-0.1, -0.05) is 13.8 Å². The maximum absolute atomic E-state index is 12.0. The molecule has 0 radical (unpaired) electrons. The van der Waals surface area contributed by atoms with Crippen LogP contribution in [0, 0.1) is 0 Å². The van der Waals surface area contributed by atoms with Gasteiger partial charge in [-0.15, -0.1) is 0 Å². The Hall–Kier alpha value is -1.03. The molecule has 0 saturated heterocycles. The van der Waals surface area contributed by atoms with Crippen molar-refractivity contribution in [3.8, 4) is 5.75 Å². The SMILES string of the molecule is CN(C)C(=O)c1cc(Br)c2c(c1)C(C)(C)CO2. The predicted molar refractivity (Wildman–Crippen MR) is 70.7 cm³/mol. The molecule has 92 valence electrons. The van der Waals surface area contributed by atoms with E-state index in [2.05, 4.69) is 29.8 Å². The second kappa shape index (κ2) is 4.02. The molecule has 1 aliphatic rings. The first-order chi connectivity index (χ1) is 7.83. The molecule has 0 fully saturated rings. The number of fused-ring (bicyclic) bond motifs is 1. The number of carbonyl (C=O) groups is 1. The van der Waals surface area contributed by atoms with E-state index in [0.717, 1.165) is 15.8 Å². The average Bonchev–Trinajstić information content (AvgIpc) is 2.54. The van der Waals surface area contributed by atoms with Gasteiger partial charge < -0.3 is 9.64 Å². The van der Waals surface area contributed by atoms with Crippen molar-refractivity contribution in [1.29, 1.82) is 0 Å². The Bertz CT molecular complexity index is 481. The number of amides is 1. The molecule has 1 aliphatic heterocycles. The van der Waals surface area contributed by atoms with Gasteiger partial charge in [0.25, 0.3) is 5.91 Å². The van der Waals surface area contributed by atoms with E-state index in [0.29, 0.717) is 12.2 Å². The fourth-order valence-electron chi connectivity index (χ4n) is 1.95. The number of halogens is 1. The average molecular weight is 298 g/mol. The number of benzene rings is 1. The predicted octanol–water partition coefficient (Wildman–Crippen LogP) is 2.82. The molecular formula is C13H16BrNO2. The minimum Gasteiger partial charge on any atom is -0.491 e. The molecule has 0 spiro atoms. The second-order valence-electron chi connectivity index (χ2n) is 5.21. The fraction of sp³-hybridized carbons (Fsp3) is 0.462. The quantitative estimate of drug-likeness (QED) is 0.798. The molecule has 3 nitrogen and oxygen atoms in total. The summed E-state index contributed by atoms with van der Waals surface area (Å²) in [5.74, 6) is 0.876. The van der Waals surface area contributed by atoms with Gasteiger partial charge in [0.15, 0.2) is 0 Å². The maximum Gasteiger partial charge on any atom is 0.253 e. The number of hydrogen-bond donors (Lipinski definition) is 0. The van der Waals surface area contributed by atoms with Crippen molar-refractivity contribution in [3.05, 3.63) is 27.7 Å². The lowest BCUT2D eigenvalue weighted by Gasteiger charge is -2.17. The van der Waals surface area contributed by atoms with Crippen molar-refractivity contribution in [2.24, 2.45) is 0 Å². The van der Waals surface area contributed by atoms with Crippen LogP contribution < -0.4 is 4.74 Å². The Morgan fingerprint density at radius 1 is 1.41 bits per heavy atom. The monoisotopic (exact) mass is 297 g/mol. The molecule has 1 aromatic carbocycles. The van der Waals surface area contributed by atoms with Crippen molar-refractivity contribution in [1.82, 2.24) is 4.90 Å². The molecule has 0 saturated carbocycles. The van der Waals surface area contributed by atoms with Crippen molar-refractivity contribution >= 4 is 21.8 Å². The van der Waals surface area contributed by atoms with Crippen LogP contribution in [0.5, 0.6) is 5.75 Å². The van der Waals surface area contributed by atoms with Crippen molar-refractivity contribution < 1.29 is 9.53 Å². The Balaban J connectivity index is 2.54. The topological polar surface area (TPSA) is 29.5 Å². The van der Waals surface area contributed by atoms with Gasteiger partial charge in [0.05, 0.1) is 11.1 Å². The molecule has 1 heterocycles. The third-order valence-electron chi connectivity index (χ3n) is 3.00. The Morgan fingerprint density at radius 3 is 2.65 bits per heavy atom. The van der Waals surface area contributed by atoms with Gasteiger partial charge in [-0.05, 0) is 28.1 Å². The summed E-state index contributed by atoms with van der Waals surface area (Å²) in [5.41, 5.74) is 1.75. The highest BCUT2D eigenvalue weighted by Gasteiger charge is 2.34. The minimum absolute atomic E-state index is 0.0104. The van der Waals surface area contributed by atoms with E-state index < -0.39 is 0 Å². The molecule has 0 N–H and O–H groups in total. The summed E-state index contributed by atoms with van der Waals surface area (Å²) in [5, 5.41) is 0. The van der Waals surface area contributed by atoms with Crippen LogP contribution >= 0.6 is 15.9 Å². The van der Waals surface area contributed by atoms with Crippen LogP contribution in [0.25, 0.3) is 0 Å². The van der Waals surface area contributed by atoms with Gasteiger partial charge in [-0.3, -0.25) is 4.79 Å². The maximum atomic E-state index is 12.0. The van der Waals surface area contributed by atoms with Gasteiger partial charge >= 0.3 is 0 Å². The number of nitrogens with zero attached hydrogens (tertiary/aromatic N) is 1. The third-order valence-corrected chi connectivity index (χ3v) is 3.59. The van der Waals surface area contributed by atoms with Gasteiger partial charge in [0, 0.05) is 30.6 Å². The lowest BCUT2D eigenvalue weighted by Crippen LogP contribution is -2.23. The Labute approximate surface area is 110 Å². The zero-order valence-electron chi connectivity index (χ0n) is 10.5. The van der Waals surface area contributed by atoms with E-state index in [1.54, 1.807) is 19.0 Å². The first kappa shape index (κ1) is 12.4. The summed E-state index contributed by atoms with van der Waals surface area (Å²) < 4.78 is 6.52. The largest absolute Gasteiger partial charge is 0.491 e. The zero-order valence-corrected chi connectivity index (χ0v) is 12.1. The molecule has 0 aliphatic carbocycles. The van der Waals surface area contributed by atoms with Gasteiger partial charge in [-0.2, -0.15) is 0 Å². The minimum atomic E-state index is -0.0412. The lowest BCUT2D eigenvalue weighted by molar-refractivity contribution is 0.0827. The molecule has 0 atom stereocenters. The van der Waals surface area contributed by atoms with Crippen LogP contribution in [0.4, 0.5) is 0 Å². The van der Waals surface area contributed by atoms with E-state index in [4.69, 9.17) is 4.74 Å². The van der Waals surface area contributed by atoms with Crippen LogP contribution in [0.15, 0.2) is 16.6 Å². The highest BCUT2D eigenvalue weighted by molar-refractivity contribution is 9.10. The lowest BCUT2D eigenvalue weighted by atomic mass is 9.86. The smallest absolute Gasteiger partial charge is 0.253 e. The van der Waals surface area contributed by atoms with Crippen LogP contribution in [-0.2, 0) is 5.41 Å². The standard InChI is InChI=1S/C13H16BrNO2/c1-13(2)7-17-11-9(13)5-8(6-10(11)14)12(16)15(3)4/h5-6H,7H2,1-4H3. The second-order valence-corrected chi connectivity index (χ2v) is 6.06. The zero-order chi connectivity index (χ0) is 12.8. The van der Waals surface area contributed by atoms with E-state index >= 15 is 0 Å². The van der Waals surface area contributed by atoms with E-state index in [1.165, 1.54) is 0 Å². The number of hydrogen-bond acceptors (Lipinski definition) is 2. The summed E-state index contributed by atoms with van der Waals surface area (Å²) in [6.07, 6.45) is 0. The summed E-state index contributed by atoms with van der Waals surface area (Å²) in [7, 11) is 3.51. The van der Waals surface area contributed by atoms with Gasteiger partial charge in [0.2, 0.25) is 0 Å².